The van der Waals surface area contributed by atoms with Gasteiger partial charge in [-0.15, -0.1) is 0 Å². The maximum atomic E-state index is 12.4. The predicted molar refractivity (Wildman–Crippen MR) is 128 cm³/mol. The number of hydrogen-bond donors (Lipinski definition) is 2. The Bertz CT molecular complexity index is 956. The first kappa shape index (κ1) is 26.9. The van der Waals surface area contributed by atoms with Crippen LogP contribution in [0.25, 0.3) is 0 Å². The quantitative estimate of drug-likeness (QED) is 0.483. The van der Waals surface area contributed by atoms with Gasteiger partial charge in [0.25, 0.3) is 5.91 Å². The third kappa shape index (κ3) is 7.63. The van der Waals surface area contributed by atoms with E-state index in [0.717, 1.165) is 31.5 Å². The molecule has 0 unspecified atom stereocenters. The van der Waals surface area contributed by atoms with Crippen LogP contribution < -0.4 is 25.0 Å². The molecule has 35 heavy (non-hydrogen) atoms. The lowest BCUT2D eigenvalue weighted by Gasteiger charge is -2.36. The summed E-state index contributed by atoms with van der Waals surface area (Å²) in [5, 5.41) is 5.63. The van der Waals surface area contributed by atoms with E-state index in [9.17, 15) is 18.0 Å². The van der Waals surface area contributed by atoms with Gasteiger partial charge < -0.3 is 25.0 Å². The zero-order valence-corrected chi connectivity index (χ0v) is 20.5. The largest absolute Gasteiger partial charge is 0.492 e. The molecule has 1 saturated heterocycles. The highest BCUT2D eigenvalue weighted by atomic mass is 35.5. The Morgan fingerprint density at radius 1 is 1.17 bits per heavy atom. The Kier molecular flexibility index (Phi) is 9.45. The van der Waals surface area contributed by atoms with Crippen molar-refractivity contribution < 1.29 is 27.4 Å². The van der Waals surface area contributed by atoms with Gasteiger partial charge in [0.05, 0.1) is 18.8 Å². The van der Waals surface area contributed by atoms with E-state index < -0.39 is 18.6 Å². The number of anilines is 1. The second kappa shape index (κ2) is 12.3. The van der Waals surface area contributed by atoms with E-state index in [1.807, 2.05) is 31.3 Å². The van der Waals surface area contributed by atoms with Gasteiger partial charge in [0.2, 0.25) is 0 Å². The van der Waals surface area contributed by atoms with Gasteiger partial charge in [0.15, 0.2) is 0 Å². The monoisotopic (exact) mass is 514 g/mol. The second-order valence-electron chi connectivity index (χ2n) is 8.08. The van der Waals surface area contributed by atoms with Crippen molar-refractivity contribution in [2.24, 2.45) is 0 Å². The summed E-state index contributed by atoms with van der Waals surface area (Å²) in [5.74, 6) is 0.861. The lowest BCUT2D eigenvalue weighted by atomic mass is 10.0. The number of carbonyl (C=O) groups excluding carboxylic acids is 1. The summed E-state index contributed by atoms with van der Waals surface area (Å²) in [4.78, 5) is 18.6. The molecular weight excluding hydrogens is 485 g/mol. The van der Waals surface area contributed by atoms with Crippen LogP contribution in [0.2, 0.25) is 5.02 Å². The summed E-state index contributed by atoms with van der Waals surface area (Å²) in [6.07, 6.45) is -1.40. The summed E-state index contributed by atoms with van der Waals surface area (Å²) >= 11 is 6.45. The molecule has 1 aliphatic heterocycles. The smallest absolute Gasteiger partial charge is 0.405 e. The maximum Gasteiger partial charge on any atom is 0.405 e. The van der Waals surface area contributed by atoms with E-state index in [4.69, 9.17) is 21.1 Å². The van der Waals surface area contributed by atoms with Crippen molar-refractivity contribution in [3.63, 3.8) is 0 Å². The highest BCUT2D eigenvalue weighted by molar-refractivity contribution is 6.33. The Balaban J connectivity index is 1.87. The Labute approximate surface area is 207 Å². The summed E-state index contributed by atoms with van der Waals surface area (Å²) in [6.45, 7) is 5.45. The number of hydrogen-bond acceptors (Lipinski definition) is 6. The minimum atomic E-state index is -4.48. The second-order valence-corrected chi connectivity index (χ2v) is 8.46. The molecule has 2 aromatic rings. The number of halogens is 4. The van der Waals surface area contributed by atoms with E-state index in [2.05, 4.69) is 15.2 Å². The van der Waals surface area contributed by atoms with Crippen LogP contribution in [-0.2, 0) is 6.54 Å². The molecule has 1 amide bonds. The number of piperidine rings is 1. The molecular formula is C24H30ClF3N4O3. The molecule has 11 heteroatoms. The fourth-order valence-corrected chi connectivity index (χ4v) is 4.14. The van der Waals surface area contributed by atoms with E-state index in [0.29, 0.717) is 42.1 Å². The molecule has 2 N–H and O–H groups in total. The fraction of sp³-hybridized carbons (Fsp3) is 0.500. The van der Waals surface area contributed by atoms with Crippen molar-refractivity contribution in [3.8, 4) is 11.5 Å². The number of aromatic nitrogens is 1. The molecule has 1 aromatic heterocycles. The van der Waals surface area contributed by atoms with Gasteiger partial charge in [-0.1, -0.05) is 11.6 Å². The van der Waals surface area contributed by atoms with Crippen LogP contribution in [-0.4, -0.2) is 56.0 Å². The topological polar surface area (TPSA) is 75.7 Å². The van der Waals surface area contributed by atoms with Crippen LogP contribution in [0.1, 0.15) is 42.6 Å². The molecule has 0 saturated carbocycles. The number of nitrogens with zero attached hydrogens (tertiary/aromatic N) is 2. The number of carbonyl (C=O) groups is 1. The number of ether oxygens (including phenoxy) is 2. The average molecular weight is 515 g/mol. The van der Waals surface area contributed by atoms with Crippen molar-refractivity contribution in [1.29, 1.82) is 0 Å². The van der Waals surface area contributed by atoms with Crippen molar-refractivity contribution in [2.75, 3.05) is 37.7 Å². The molecule has 7 nitrogen and oxygen atoms in total. The maximum absolute atomic E-state index is 12.4. The Hall–Kier alpha value is -2.72. The Morgan fingerprint density at radius 3 is 2.31 bits per heavy atom. The number of pyridine rings is 1. The summed E-state index contributed by atoms with van der Waals surface area (Å²) in [7, 11) is 0. The highest BCUT2D eigenvalue weighted by Crippen LogP contribution is 2.37. The molecule has 1 aliphatic rings. The van der Waals surface area contributed by atoms with E-state index >= 15 is 0 Å². The third-order valence-corrected chi connectivity index (χ3v) is 5.89. The van der Waals surface area contributed by atoms with Crippen LogP contribution in [0.3, 0.4) is 0 Å². The number of amides is 1. The highest BCUT2D eigenvalue weighted by Gasteiger charge is 2.28. The minimum absolute atomic E-state index is 0.0621. The van der Waals surface area contributed by atoms with Gasteiger partial charge in [0.1, 0.15) is 28.9 Å². The zero-order valence-electron chi connectivity index (χ0n) is 19.8. The first-order chi connectivity index (χ1) is 16.7. The standard InChI is InChI=1S/C24H30ClF3N4O3/c1-3-34-19-11-16(12-20(22(19)25)35-4-2)14-32(18-7-9-29-10-8-18)21-6-5-17(13-30-21)23(33)31-15-24(26,27)28/h5-6,11-13,18,29H,3-4,7-10,14-15H2,1-2H3,(H,31,33). The lowest BCUT2D eigenvalue weighted by Crippen LogP contribution is -2.43. The van der Waals surface area contributed by atoms with E-state index in [1.54, 1.807) is 6.07 Å². The van der Waals surface area contributed by atoms with Gasteiger partial charge in [-0.3, -0.25) is 4.79 Å². The zero-order chi connectivity index (χ0) is 25.4. The molecule has 1 fully saturated rings. The molecule has 0 spiro atoms. The number of rotatable bonds is 10. The molecule has 3 rings (SSSR count). The number of nitrogens with one attached hydrogen (secondary N) is 2. The normalized spacial score (nSPS) is 14.5. The molecule has 1 aromatic carbocycles. The van der Waals surface area contributed by atoms with Crippen molar-refractivity contribution in [3.05, 3.63) is 46.6 Å². The summed E-state index contributed by atoms with van der Waals surface area (Å²) < 4.78 is 48.7. The molecule has 0 bridgehead atoms. The van der Waals surface area contributed by atoms with Crippen molar-refractivity contribution in [1.82, 2.24) is 15.6 Å². The SMILES string of the molecule is CCOc1cc(CN(c2ccc(C(=O)NCC(F)(F)F)cn2)C2CCNCC2)cc(OCC)c1Cl. The van der Waals surface area contributed by atoms with Gasteiger partial charge in [0, 0.05) is 18.8 Å². The van der Waals surface area contributed by atoms with Gasteiger partial charge in [-0.2, -0.15) is 13.2 Å². The van der Waals surface area contributed by atoms with E-state index in [1.165, 1.54) is 12.3 Å². The van der Waals surface area contributed by atoms with Gasteiger partial charge in [-0.05, 0) is 69.6 Å². The first-order valence-electron chi connectivity index (χ1n) is 11.6. The lowest BCUT2D eigenvalue weighted by molar-refractivity contribution is -0.123. The molecule has 0 aliphatic carbocycles. The van der Waals surface area contributed by atoms with Gasteiger partial charge >= 0.3 is 6.18 Å². The molecule has 0 atom stereocenters. The average Bonchev–Trinajstić information content (AvgIpc) is 2.84. The van der Waals surface area contributed by atoms with Crippen LogP contribution in [0.5, 0.6) is 11.5 Å². The van der Waals surface area contributed by atoms with E-state index in [-0.39, 0.29) is 11.6 Å². The fourth-order valence-electron chi connectivity index (χ4n) is 3.92. The minimum Gasteiger partial charge on any atom is -0.492 e. The molecule has 0 radical (unpaired) electrons. The van der Waals surface area contributed by atoms with Gasteiger partial charge in [-0.25, -0.2) is 4.98 Å². The van der Waals surface area contributed by atoms with Crippen molar-refractivity contribution >= 4 is 23.3 Å². The summed E-state index contributed by atoms with van der Waals surface area (Å²) in [6, 6.07) is 7.08. The van der Waals surface area contributed by atoms with Crippen molar-refractivity contribution in [2.45, 2.75) is 45.5 Å². The van der Waals surface area contributed by atoms with Crippen LogP contribution in [0, 0.1) is 0 Å². The van der Waals surface area contributed by atoms with Crippen LogP contribution in [0.15, 0.2) is 30.5 Å². The number of alkyl halides is 3. The van der Waals surface area contributed by atoms with Crippen LogP contribution in [0.4, 0.5) is 19.0 Å². The van der Waals surface area contributed by atoms with Crippen LogP contribution >= 0.6 is 11.6 Å². The number of benzene rings is 1. The molecule has 192 valence electrons. The first-order valence-corrected chi connectivity index (χ1v) is 12.0. The third-order valence-electron chi connectivity index (χ3n) is 5.52. The Morgan fingerprint density at radius 2 is 1.80 bits per heavy atom. The summed E-state index contributed by atoms with van der Waals surface area (Å²) in [5.41, 5.74) is 0.973. The molecule has 2 heterocycles. The predicted octanol–water partition coefficient (Wildman–Crippen LogP) is 4.58.